The summed E-state index contributed by atoms with van der Waals surface area (Å²) < 4.78 is 22.3. The number of fused-ring (bicyclic) bond motifs is 1. The van der Waals surface area contributed by atoms with Gasteiger partial charge in [-0.25, -0.2) is 4.52 Å². The van der Waals surface area contributed by atoms with E-state index in [-0.39, 0.29) is 16.7 Å². The van der Waals surface area contributed by atoms with Crippen molar-refractivity contribution in [3.63, 3.8) is 0 Å². The molecular formula is C24H32BrN3O4Si. The average molecular weight is 535 g/mol. The molecule has 1 atom stereocenters. The van der Waals surface area contributed by atoms with E-state index in [2.05, 4.69) is 54.9 Å². The van der Waals surface area contributed by atoms with E-state index in [1.807, 2.05) is 12.1 Å². The van der Waals surface area contributed by atoms with E-state index in [0.29, 0.717) is 35.2 Å². The van der Waals surface area contributed by atoms with Crippen LogP contribution in [0.2, 0.25) is 18.1 Å². The number of halogens is 1. The van der Waals surface area contributed by atoms with Gasteiger partial charge in [-0.2, -0.15) is 5.10 Å². The van der Waals surface area contributed by atoms with Gasteiger partial charge < -0.3 is 13.9 Å². The molecule has 3 aromatic rings. The van der Waals surface area contributed by atoms with Crippen molar-refractivity contribution in [3.8, 4) is 17.2 Å². The molecule has 178 valence electrons. The quantitative estimate of drug-likeness (QED) is 0.361. The third kappa shape index (κ3) is 5.05. The van der Waals surface area contributed by atoms with Crippen LogP contribution in [0.3, 0.4) is 0 Å². The van der Waals surface area contributed by atoms with Crippen molar-refractivity contribution in [2.75, 3.05) is 13.7 Å². The molecule has 33 heavy (non-hydrogen) atoms. The molecule has 0 N–H and O–H groups in total. The summed E-state index contributed by atoms with van der Waals surface area (Å²) in [6, 6.07) is 7.24. The van der Waals surface area contributed by atoms with Crippen LogP contribution in [0.4, 0.5) is 0 Å². The van der Waals surface area contributed by atoms with Gasteiger partial charge in [0.2, 0.25) is 0 Å². The van der Waals surface area contributed by atoms with E-state index < -0.39 is 8.32 Å². The van der Waals surface area contributed by atoms with Gasteiger partial charge in [-0.05, 0) is 71.0 Å². The number of hydrogen-bond donors (Lipinski definition) is 0. The number of aromatic nitrogens is 3. The highest BCUT2D eigenvalue weighted by molar-refractivity contribution is 9.10. The largest absolute Gasteiger partial charge is 0.493 e. The highest BCUT2D eigenvalue weighted by atomic mass is 79.9. The first-order valence-corrected chi connectivity index (χ1v) is 14.9. The fourth-order valence-electron chi connectivity index (χ4n) is 3.53. The van der Waals surface area contributed by atoms with E-state index in [9.17, 15) is 4.79 Å². The van der Waals surface area contributed by atoms with Crippen LogP contribution in [0.5, 0.6) is 11.5 Å². The molecule has 2 heterocycles. The van der Waals surface area contributed by atoms with Crippen LogP contribution in [0, 0.1) is 5.92 Å². The number of nitrogens with zero attached hydrogens (tertiary/aromatic N) is 3. The van der Waals surface area contributed by atoms with Gasteiger partial charge in [0.05, 0.1) is 18.9 Å². The van der Waals surface area contributed by atoms with E-state index in [4.69, 9.17) is 13.9 Å². The predicted octanol–water partition coefficient (Wildman–Crippen LogP) is 5.44. The Balaban J connectivity index is 1.55. The third-order valence-corrected chi connectivity index (χ3v) is 11.7. The summed E-state index contributed by atoms with van der Waals surface area (Å²) in [4.78, 5) is 12.9. The lowest BCUT2D eigenvalue weighted by Crippen LogP contribution is -2.46. The van der Waals surface area contributed by atoms with Crippen LogP contribution in [0.15, 0.2) is 46.1 Å². The molecular weight excluding hydrogens is 502 g/mol. The first kappa shape index (κ1) is 24.0. The van der Waals surface area contributed by atoms with Crippen molar-refractivity contribution in [2.45, 2.75) is 57.8 Å². The Morgan fingerprint density at radius 3 is 2.58 bits per heavy atom. The van der Waals surface area contributed by atoms with Gasteiger partial charge >= 0.3 is 0 Å². The van der Waals surface area contributed by atoms with Crippen molar-refractivity contribution in [1.82, 2.24) is 14.2 Å². The maximum atomic E-state index is 12.9. The van der Waals surface area contributed by atoms with Crippen molar-refractivity contribution < 1.29 is 13.9 Å². The lowest BCUT2D eigenvalue weighted by atomic mass is 10.2. The lowest BCUT2D eigenvalue weighted by molar-refractivity contribution is 0.0959. The summed E-state index contributed by atoms with van der Waals surface area (Å²) in [6.45, 7) is 11.8. The normalized spacial score (nSPS) is 15.6. The Bertz CT molecular complexity index is 1210. The van der Waals surface area contributed by atoms with Gasteiger partial charge in [0.15, 0.2) is 19.8 Å². The highest BCUT2D eigenvalue weighted by Crippen LogP contribution is 2.42. The van der Waals surface area contributed by atoms with Crippen molar-refractivity contribution in [3.05, 3.63) is 51.6 Å². The van der Waals surface area contributed by atoms with E-state index in [1.165, 1.54) is 23.7 Å². The first-order chi connectivity index (χ1) is 15.5. The second-order valence-electron chi connectivity index (χ2n) is 10.2. The maximum Gasteiger partial charge on any atom is 0.282 e. The first-order valence-electron chi connectivity index (χ1n) is 11.2. The fourth-order valence-corrected chi connectivity index (χ4v) is 5.31. The minimum Gasteiger partial charge on any atom is -0.493 e. The Labute approximate surface area is 203 Å². The zero-order valence-corrected chi connectivity index (χ0v) is 22.7. The molecule has 1 aliphatic carbocycles. The summed E-state index contributed by atoms with van der Waals surface area (Å²) in [7, 11) is -0.291. The van der Waals surface area contributed by atoms with E-state index >= 15 is 0 Å². The number of rotatable bonds is 8. The number of methoxy groups -OCH3 is 1. The summed E-state index contributed by atoms with van der Waals surface area (Å²) in [5, 5.41) is 4.47. The van der Waals surface area contributed by atoms with Gasteiger partial charge in [-0.3, -0.25) is 9.36 Å². The molecule has 1 aliphatic rings. The van der Waals surface area contributed by atoms with Gasteiger partial charge in [0.1, 0.15) is 18.5 Å². The predicted molar refractivity (Wildman–Crippen MR) is 135 cm³/mol. The van der Waals surface area contributed by atoms with Crippen molar-refractivity contribution in [1.29, 1.82) is 0 Å². The van der Waals surface area contributed by atoms with E-state index in [0.717, 1.165) is 4.47 Å². The highest BCUT2D eigenvalue weighted by Gasteiger charge is 2.43. The van der Waals surface area contributed by atoms with Gasteiger partial charge in [0, 0.05) is 16.7 Å². The molecule has 1 fully saturated rings. The molecule has 1 aromatic carbocycles. The summed E-state index contributed by atoms with van der Waals surface area (Å²) in [5.41, 5.74) is 0.981. The minimum absolute atomic E-state index is 0.0808. The van der Waals surface area contributed by atoms with Crippen LogP contribution in [0.1, 0.15) is 33.6 Å². The molecule has 0 bridgehead atoms. The zero-order valence-electron chi connectivity index (χ0n) is 20.1. The number of hydrogen-bond acceptors (Lipinski definition) is 5. The molecule has 0 spiro atoms. The Hall–Kier alpha value is -2.10. The topological polar surface area (TPSA) is 67.0 Å². The average Bonchev–Trinajstić information content (AvgIpc) is 3.51. The third-order valence-electron chi connectivity index (χ3n) is 6.72. The second kappa shape index (κ2) is 8.92. The minimum atomic E-state index is -1.89. The molecule has 1 saturated carbocycles. The number of ether oxygens (including phenoxy) is 2. The van der Waals surface area contributed by atoms with Crippen molar-refractivity contribution >= 4 is 29.8 Å². The molecule has 2 aromatic heterocycles. The molecule has 1 unspecified atom stereocenters. The van der Waals surface area contributed by atoms with Crippen LogP contribution < -0.4 is 15.0 Å². The molecule has 4 rings (SSSR count). The Morgan fingerprint density at radius 1 is 1.21 bits per heavy atom. The SMILES string of the molecule is COc1cc(-n2cnn3cc(Br)cc3c2=O)ccc1OCC(O[Si](C)(C)C(C)(C)C)C1CC1. The molecule has 0 amide bonds. The molecule has 9 heteroatoms. The van der Waals surface area contributed by atoms with Crippen LogP contribution in [0.25, 0.3) is 11.2 Å². The van der Waals surface area contributed by atoms with Crippen LogP contribution in [-0.2, 0) is 4.43 Å². The molecule has 0 radical (unpaired) electrons. The molecule has 7 nitrogen and oxygen atoms in total. The second-order valence-corrected chi connectivity index (χ2v) is 15.9. The van der Waals surface area contributed by atoms with Gasteiger partial charge in [0.25, 0.3) is 5.56 Å². The van der Waals surface area contributed by atoms with Gasteiger partial charge in [-0.1, -0.05) is 20.8 Å². The maximum absolute atomic E-state index is 12.9. The zero-order chi connectivity index (χ0) is 24.0. The van der Waals surface area contributed by atoms with Crippen LogP contribution in [-0.4, -0.2) is 42.3 Å². The van der Waals surface area contributed by atoms with Crippen LogP contribution >= 0.6 is 15.9 Å². The van der Waals surface area contributed by atoms with Crippen molar-refractivity contribution in [2.24, 2.45) is 5.92 Å². The lowest BCUT2D eigenvalue weighted by Gasteiger charge is -2.39. The van der Waals surface area contributed by atoms with Gasteiger partial charge in [-0.15, -0.1) is 0 Å². The number of benzene rings is 1. The summed E-state index contributed by atoms with van der Waals surface area (Å²) in [5.74, 6) is 1.76. The molecule has 0 saturated heterocycles. The fraction of sp³-hybridized carbons (Fsp3) is 0.500. The monoisotopic (exact) mass is 533 g/mol. The Kier molecular flexibility index (Phi) is 6.50. The molecule has 0 aliphatic heterocycles. The Morgan fingerprint density at radius 2 is 1.94 bits per heavy atom. The summed E-state index contributed by atoms with van der Waals surface area (Å²) >= 11 is 3.39. The smallest absolute Gasteiger partial charge is 0.282 e. The van der Waals surface area contributed by atoms with E-state index in [1.54, 1.807) is 30.0 Å². The standard InChI is InChI=1S/C24H32BrN3O4Si/c1-24(2,3)33(5,6)32-22(16-7-8-16)14-31-20-10-9-18(12-21(20)30-4)27-15-26-28-13-17(25)11-19(28)23(27)29/h9-13,15-16,22H,7-8,14H2,1-6H3. The summed E-state index contributed by atoms with van der Waals surface area (Å²) in [6.07, 6.45) is 5.71.